The highest BCUT2D eigenvalue weighted by molar-refractivity contribution is 6.30. The van der Waals surface area contributed by atoms with E-state index in [-0.39, 0.29) is 12.3 Å². The summed E-state index contributed by atoms with van der Waals surface area (Å²) in [7, 11) is 1.57. The van der Waals surface area contributed by atoms with Crippen molar-refractivity contribution in [1.82, 2.24) is 4.98 Å². The molecule has 1 saturated heterocycles. The zero-order valence-corrected chi connectivity index (χ0v) is 15.1. The van der Waals surface area contributed by atoms with Crippen LogP contribution in [0.2, 0.25) is 5.02 Å². The SMILES string of the molecule is COc1ccc(Cl)cc1CC(=O)Nc1ccc(N2CCCCC2)cn1. The molecule has 1 aliphatic heterocycles. The Labute approximate surface area is 153 Å². The number of ether oxygens (including phenoxy) is 1. The number of methoxy groups -OCH3 is 1. The molecule has 0 atom stereocenters. The van der Waals surface area contributed by atoms with Gasteiger partial charge >= 0.3 is 0 Å². The van der Waals surface area contributed by atoms with E-state index in [1.807, 2.05) is 18.3 Å². The van der Waals surface area contributed by atoms with Gasteiger partial charge in [0.1, 0.15) is 11.6 Å². The Morgan fingerprint density at radius 1 is 1.24 bits per heavy atom. The predicted octanol–water partition coefficient (Wildman–Crippen LogP) is 3.92. The van der Waals surface area contributed by atoms with Crippen molar-refractivity contribution < 1.29 is 9.53 Å². The third kappa shape index (κ3) is 4.63. The molecule has 0 radical (unpaired) electrons. The Morgan fingerprint density at radius 2 is 2.04 bits per heavy atom. The van der Waals surface area contributed by atoms with Crippen molar-refractivity contribution in [3.63, 3.8) is 0 Å². The van der Waals surface area contributed by atoms with Crippen LogP contribution in [-0.4, -0.2) is 31.1 Å². The molecule has 1 fully saturated rings. The first-order valence-electron chi connectivity index (χ1n) is 8.49. The molecule has 3 rings (SSSR count). The van der Waals surface area contributed by atoms with E-state index >= 15 is 0 Å². The van der Waals surface area contributed by atoms with E-state index in [4.69, 9.17) is 16.3 Å². The summed E-state index contributed by atoms with van der Waals surface area (Å²) in [6.45, 7) is 2.14. The summed E-state index contributed by atoms with van der Waals surface area (Å²) in [5, 5.41) is 3.40. The first-order valence-corrected chi connectivity index (χ1v) is 8.87. The van der Waals surface area contributed by atoms with Gasteiger partial charge in [0, 0.05) is 23.7 Å². The number of nitrogens with zero attached hydrogens (tertiary/aromatic N) is 2. The Hall–Kier alpha value is -2.27. The number of benzene rings is 1. The van der Waals surface area contributed by atoms with Crippen LogP contribution in [0.4, 0.5) is 11.5 Å². The lowest BCUT2D eigenvalue weighted by Crippen LogP contribution is -2.29. The zero-order chi connectivity index (χ0) is 17.6. The van der Waals surface area contributed by atoms with Gasteiger partial charge in [0.15, 0.2) is 0 Å². The van der Waals surface area contributed by atoms with Gasteiger partial charge in [0.25, 0.3) is 0 Å². The second-order valence-electron chi connectivity index (χ2n) is 6.13. The molecule has 0 spiro atoms. The normalized spacial score (nSPS) is 14.2. The molecule has 1 aromatic heterocycles. The van der Waals surface area contributed by atoms with Crippen LogP contribution in [0, 0.1) is 0 Å². The summed E-state index contributed by atoms with van der Waals surface area (Å²) >= 11 is 6.00. The molecule has 1 aliphatic rings. The molecule has 5 nitrogen and oxygen atoms in total. The highest BCUT2D eigenvalue weighted by atomic mass is 35.5. The molecule has 0 bridgehead atoms. The van der Waals surface area contributed by atoms with Crippen LogP contribution in [0.1, 0.15) is 24.8 Å². The number of pyridine rings is 1. The molecule has 0 saturated carbocycles. The molecule has 132 valence electrons. The Bertz CT molecular complexity index is 728. The summed E-state index contributed by atoms with van der Waals surface area (Å²) in [6, 6.07) is 9.09. The Kier molecular flexibility index (Phi) is 5.76. The number of rotatable bonds is 5. The van der Waals surface area contributed by atoms with Gasteiger partial charge in [0.05, 0.1) is 25.4 Å². The molecular formula is C19H22ClN3O2. The van der Waals surface area contributed by atoms with E-state index in [0.29, 0.717) is 16.6 Å². The van der Waals surface area contributed by atoms with E-state index in [2.05, 4.69) is 15.2 Å². The van der Waals surface area contributed by atoms with Crippen molar-refractivity contribution in [2.45, 2.75) is 25.7 Å². The third-order valence-electron chi connectivity index (χ3n) is 4.33. The lowest BCUT2D eigenvalue weighted by atomic mass is 10.1. The van der Waals surface area contributed by atoms with Crippen LogP contribution in [0.15, 0.2) is 36.5 Å². The molecule has 2 heterocycles. The van der Waals surface area contributed by atoms with Gasteiger partial charge in [-0.05, 0) is 49.6 Å². The molecule has 0 unspecified atom stereocenters. The monoisotopic (exact) mass is 359 g/mol. The van der Waals surface area contributed by atoms with Crippen LogP contribution < -0.4 is 15.0 Å². The minimum absolute atomic E-state index is 0.154. The van der Waals surface area contributed by atoms with E-state index in [9.17, 15) is 4.79 Å². The van der Waals surface area contributed by atoms with Crippen molar-refractivity contribution >= 4 is 29.0 Å². The van der Waals surface area contributed by atoms with Crippen molar-refractivity contribution in [3.8, 4) is 5.75 Å². The molecule has 0 aliphatic carbocycles. The summed E-state index contributed by atoms with van der Waals surface area (Å²) in [6.07, 6.45) is 5.74. The first-order chi connectivity index (χ1) is 12.2. The number of hydrogen-bond donors (Lipinski definition) is 1. The number of halogens is 1. The Balaban J connectivity index is 1.62. The minimum atomic E-state index is -0.154. The molecule has 1 aromatic carbocycles. The quantitative estimate of drug-likeness (QED) is 0.879. The fraction of sp³-hybridized carbons (Fsp3) is 0.368. The number of piperidine rings is 1. The summed E-state index contributed by atoms with van der Waals surface area (Å²) < 4.78 is 5.27. The number of carbonyl (C=O) groups excluding carboxylic acids is 1. The van der Waals surface area contributed by atoms with E-state index in [0.717, 1.165) is 24.3 Å². The lowest BCUT2D eigenvalue weighted by Gasteiger charge is -2.28. The first kappa shape index (κ1) is 17.5. The van der Waals surface area contributed by atoms with Crippen molar-refractivity contribution in [3.05, 3.63) is 47.1 Å². The minimum Gasteiger partial charge on any atom is -0.496 e. The molecule has 1 N–H and O–H groups in total. The second-order valence-corrected chi connectivity index (χ2v) is 6.57. The van der Waals surface area contributed by atoms with Crippen molar-refractivity contribution in [1.29, 1.82) is 0 Å². The van der Waals surface area contributed by atoms with Gasteiger partial charge in [-0.3, -0.25) is 4.79 Å². The van der Waals surface area contributed by atoms with Crippen molar-refractivity contribution in [2.24, 2.45) is 0 Å². The maximum Gasteiger partial charge on any atom is 0.230 e. The topological polar surface area (TPSA) is 54.5 Å². The highest BCUT2D eigenvalue weighted by Crippen LogP contribution is 2.24. The largest absolute Gasteiger partial charge is 0.496 e. The van der Waals surface area contributed by atoms with Gasteiger partial charge in [-0.1, -0.05) is 11.6 Å². The van der Waals surface area contributed by atoms with Crippen molar-refractivity contribution in [2.75, 3.05) is 30.4 Å². The summed E-state index contributed by atoms with van der Waals surface area (Å²) in [5.41, 5.74) is 1.85. The molecule has 2 aromatic rings. The number of carbonyl (C=O) groups is 1. The average Bonchev–Trinajstić information content (AvgIpc) is 2.63. The fourth-order valence-electron chi connectivity index (χ4n) is 3.04. The van der Waals surface area contributed by atoms with E-state index < -0.39 is 0 Å². The van der Waals surface area contributed by atoms with Crippen LogP contribution >= 0.6 is 11.6 Å². The Morgan fingerprint density at radius 3 is 2.72 bits per heavy atom. The molecule has 1 amide bonds. The van der Waals surface area contributed by atoms with Gasteiger partial charge < -0.3 is 15.0 Å². The number of anilines is 2. The molecule has 25 heavy (non-hydrogen) atoms. The highest BCUT2D eigenvalue weighted by Gasteiger charge is 2.13. The smallest absolute Gasteiger partial charge is 0.230 e. The molecule has 6 heteroatoms. The van der Waals surface area contributed by atoms with E-state index in [1.165, 1.54) is 19.3 Å². The molecular weight excluding hydrogens is 338 g/mol. The predicted molar refractivity (Wildman–Crippen MR) is 101 cm³/mol. The number of hydrogen-bond acceptors (Lipinski definition) is 4. The fourth-order valence-corrected chi connectivity index (χ4v) is 3.24. The van der Waals surface area contributed by atoms with Crippen LogP contribution in [-0.2, 0) is 11.2 Å². The number of aromatic nitrogens is 1. The summed E-state index contributed by atoms with van der Waals surface area (Å²) in [5.74, 6) is 1.04. The van der Waals surface area contributed by atoms with Crippen LogP contribution in [0.5, 0.6) is 5.75 Å². The van der Waals surface area contributed by atoms with Gasteiger partial charge in [-0.15, -0.1) is 0 Å². The van der Waals surface area contributed by atoms with Crippen LogP contribution in [0.3, 0.4) is 0 Å². The zero-order valence-electron chi connectivity index (χ0n) is 14.3. The average molecular weight is 360 g/mol. The summed E-state index contributed by atoms with van der Waals surface area (Å²) in [4.78, 5) is 19.0. The van der Waals surface area contributed by atoms with Gasteiger partial charge in [0.2, 0.25) is 5.91 Å². The van der Waals surface area contributed by atoms with Crippen LogP contribution in [0.25, 0.3) is 0 Å². The third-order valence-corrected chi connectivity index (χ3v) is 4.57. The maximum atomic E-state index is 12.3. The standard InChI is InChI=1S/C19H22ClN3O2/c1-25-17-7-5-15(20)11-14(17)12-19(24)22-18-8-6-16(13-21-18)23-9-3-2-4-10-23/h5-8,11,13H,2-4,9-10,12H2,1H3,(H,21,22,24). The van der Waals surface area contributed by atoms with E-state index in [1.54, 1.807) is 25.3 Å². The number of amides is 1. The number of nitrogens with one attached hydrogen (secondary N) is 1. The second kappa shape index (κ2) is 8.21. The maximum absolute atomic E-state index is 12.3. The van der Waals surface area contributed by atoms with Gasteiger partial charge in [-0.25, -0.2) is 4.98 Å². The van der Waals surface area contributed by atoms with Gasteiger partial charge in [-0.2, -0.15) is 0 Å². The lowest BCUT2D eigenvalue weighted by molar-refractivity contribution is -0.115.